The molecule has 1 aromatic rings. The van der Waals surface area contributed by atoms with Gasteiger partial charge in [0.1, 0.15) is 11.5 Å². The molecule has 0 heterocycles. The molecular weight excluding hydrogens is 319 g/mol. The van der Waals surface area contributed by atoms with Crippen molar-refractivity contribution in [2.45, 2.75) is 31.3 Å². The third-order valence-electron chi connectivity index (χ3n) is 3.38. The van der Waals surface area contributed by atoms with Gasteiger partial charge in [0.05, 0.1) is 15.0 Å². The highest BCUT2D eigenvalue weighted by atomic mass is 79.9. The van der Waals surface area contributed by atoms with E-state index in [0.29, 0.717) is 12.8 Å². The van der Waals surface area contributed by atoms with Crippen LogP contribution >= 0.6 is 15.9 Å². The van der Waals surface area contributed by atoms with Gasteiger partial charge in [-0.3, -0.25) is 10.1 Å². The van der Waals surface area contributed by atoms with Gasteiger partial charge >= 0.3 is 0 Å². The van der Waals surface area contributed by atoms with E-state index < -0.39 is 16.3 Å². The van der Waals surface area contributed by atoms with Gasteiger partial charge in [-0.25, -0.2) is 4.39 Å². The Balaban J connectivity index is 2.19. The first-order chi connectivity index (χ1) is 8.91. The molecule has 0 spiro atoms. The molecule has 1 aromatic carbocycles. The number of hydrogen-bond acceptors (Lipinski definition) is 4. The van der Waals surface area contributed by atoms with Crippen LogP contribution in [0.1, 0.15) is 25.7 Å². The summed E-state index contributed by atoms with van der Waals surface area (Å²) < 4.78 is 13.5. The Morgan fingerprint density at radius 2 is 2.11 bits per heavy atom. The number of anilines is 1. The molecule has 1 fully saturated rings. The van der Waals surface area contributed by atoms with Crippen LogP contribution in [0.15, 0.2) is 16.6 Å². The summed E-state index contributed by atoms with van der Waals surface area (Å²) in [5.41, 5.74) is -0.974. The molecule has 2 N–H and O–H groups in total. The van der Waals surface area contributed by atoms with Crippen molar-refractivity contribution >= 4 is 27.3 Å². The van der Waals surface area contributed by atoms with Crippen LogP contribution in [0.25, 0.3) is 0 Å². The molecule has 0 saturated heterocycles. The van der Waals surface area contributed by atoms with Gasteiger partial charge in [0, 0.05) is 18.7 Å². The lowest BCUT2D eigenvalue weighted by atomic mass is 10.0. The van der Waals surface area contributed by atoms with Crippen molar-refractivity contribution < 1.29 is 14.4 Å². The molecule has 0 amide bonds. The zero-order valence-electron chi connectivity index (χ0n) is 10.2. The molecule has 0 aliphatic heterocycles. The van der Waals surface area contributed by atoms with E-state index in [1.807, 2.05) is 0 Å². The summed E-state index contributed by atoms with van der Waals surface area (Å²) in [7, 11) is 0. The van der Waals surface area contributed by atoms with Gasteiger partial charge in [0.2, 0.25) is 0 Å². The van der Waals surface area contributed by atoms with Crippen molar-refractivity contribution in [2.24, 2.45) is 0 Å². The van der Waals surface area contributed by atoms with Crippen LogP contribution in [0.5, 0.6) is 0 Å². The summed E-state index contributed by atoms with van der Waals surface area (Å²) >= 11 is 2.92. The molecule has 0 unspecified atom stereocenters. The minimum absolute atomic E-state index is 0.0457. The Bertz CT molecular complexity index is 504. The van der Waals surface area contributed by atoms with Gasteiger partial charge in [-0.05, 0) is 28.8 Å². The summed E-state index contributed by atoms with van der Waals surface area (Å²) in [6, 6.07) is 2.19. The number of aliphatic hydroxyl groups is 1. The maximum Gasteiger partial charge on any atom is 0.293 e. The fourth-order valence-electron chi connectivity index (χ4n) is 2.30. The Labute approximate surface area is 118 Å². The molecule has 0 aromatic heterocycles. The van der Waals surface area contributed by atoms with Crippen molar-refractivity contribution in [1.82, 2.24) is 0 Å². The standard InChI is InChI=1S/C12H14BrFN2O3/c13-8-5-11(16(18)19)10(6-9(8)14)15-7-12(17)3-1-2-4-12/h5-6,15,17H,1-4,7H2. The van der Waals surface area contributed by atoms with Gasteiger partial charge in [-0.15, -0.1) is 0 Å². The normalized spacial score (nSPS) is 17.4. The first-order valence-electron chi connectivity index (χ1n) is 6.01. The quantitative estimate of drug-likeness (QED) is 0.655. The Kier molecular flexibility index (Phi) is 4.05. The van der Waals surface area contributed by atoms with E-state index in [-0.39, 0.29) is 22.4 Å². The average molecular weight is 333 g/mol. The van der Waals surface area contributed by atoms with E-state index in [1.54, 1.807) is 0 Å². The smallest absolute Gasteiger partial charge is 0.293 e. The van der Waals surface area contributed by atoms with Crippen LogP contribution in [-0.4, -0.2) is 22.2 Å². The molecule has 1 aliphatic carbocycles. The topological polar surface area (TPSA) is 75.4 Å². The Morgan fingerprint density at radius 1 is 1.47 bits per heavy atom. The minimum atomic E-state index is -0.850. The summed E-state index contributed by atoms with van der Waals surface area (Å²) in [5, 5.41) is 23.9. The first kappa shape index (κ1) is 14.2. The molecule has 0 radical (unpaired) electrons. The maximum atomic E-state index is 13.4. The summed E-state index contributed by atoms with van der Waals surface area (Å²) in [6.07, 6.45) is 3.20. The number of nitro benzene ring substituents is 1. The number of nitrogens with one attached hydrogen (secondary N) is 1. The zero-order valence-corrected chi connectivity index (χ0v) is 11.7. The van der Waals surface area contributed by atoms with Gasteiger partial charge in [0.25, 0.3) is 5.69 Å². The number of nitro groups is 1. The zero-order chi connectivity index (χ0) is 14.0. The van der Waals surface area contributed by atoms with Gasteiger partial charge in [-0.1, -0.05) is 12.8 Å². The maximum absolute atomic E-state index is 13.4. The second-order valence-corrected chi connectivity index (χ2v) is 5.68. The van der Waals surface area contributed by atoms with E-state index in [9.17, 15) is 19.6 Å². The second-order valence-electron chi connectivity index (χ2n) is 4.83. The molecular formula is C12H14BrFN2O3. The van der Waals surface area contributed by atoms with Crippen LogP contribution in [0.2, 0.25) is 0 Å². The van der Waals surface area contributed by atoms with Crippen molar-refractivity contribution in [3.8, 4) is 0 Å². The highest BCUT2D eigenvalue weighted by Gasteiger charge is 2.31. The lowest BCUT2D eigenvalue weighted by Crippen LogP contribution is -2.33. The largest absolute Gasteiger partial charge is 0.388 e. The highest BCUT2D eigenvalue weighted by molar-refractivity contribution is 9.10. The summed E-state index contributed by atoms with van der Waals surface area (Å²) in [6.45, 7) is 0.189. The number of hydrogen-bond donors (Lipinski definition) is 2. The molecule has 7 heteroatoms. The summed E-state index contributed by atoms with van der Waals surface area (Å²) in [4.78, 5) is 10.3. The van der Waals surface area contributed by atoms with Crippen LogP contribution in [0.3, 0.4) is 0 Å². The lowest BCUT2D eigenvalue weighted by Gasteiger charge is -2.23. The monoisotopic (exact) mass is 332 g/mol. The van der Waals surface area contributed by atoms with Crippen molar-refractivity contribution in [3.63, 3.8) is 0 Å². The third-order valence-corrected chi connectivity index (χ3v) is 3.99. The number of nitrogens with zero attached hydrogens (tertiary/aromatic N) is 1. The highest BCUT2D eigenvalue weighted by Crippen LogP contribution is 2.33. The summed E-state index contributed by atoms with van der Waals surface area (Å²) in [5.74, 6) is -0.577. The van der Waals surface area contributed by atoms with E-state index in [4.69, 9.17) is 0 Å². The number of halogens is 2. The molecule has 1 saturated carbocycles. The van der Waals surface area contributed by atoms with Crippen LogP contribution in [0, 0.1) is 15.9 Å². The first-order valence-corrected chi connectivity index (χ1v) is 6.80. The van der Waals surface area contributed by atoms with E-state index in [2.05, 4.69) is 21.2 Å². The predicted molar refractivity (Wildman–Crippen MR) is 72.7 cm³/mol. The SMILES string of the molecule is O=[N+]([O-])c1cc(Br)c(F)cc1NCC1(O)CCCC1. The number of rotatable bonds is 4. The molecule has 19 heavy (non-hydrogen) atoms. The van der Waals surface area contributed by atoms with Crippen LogP contribution in [0.4, 0.5) is 15.8 Å². The molecule has 5 nitrogen and oxygen atoms in total. The van der Waals surface area contributed by atoms with Crippen molar-refractivity contribution in [3.05, 3.63) is 32.5 Å². The van der Waals surface area contributed by atoms with Gasteiger partial charge in [0.15, 0.2) is 0 Å². The fourth-order valence-corrected chi connectivity index (χ4v) is 2.63. The van der Waals surface area contributed by atoms with E-state index >= 15 is 0 Å². The van der Waals surface area contributed by atoms with Crippen LogP contribution < -0.4 is 5.32 Å². The molecule has 0 bridgehead atoms. The van der Waals surface area contributed by atoms with E-state index in [1.165, 1.54) is 0 Å². The van der Waals surface area contributed by atoms with Crippen molar-refractivity contribution in [1.29, 1.82) is 0 Å². The second kappa shape index (κ2) is 5.42. The Hall–Kier alpha value is -1.21. The predicted octanol–water partition coefficient (Wildman–Crippen LogP) is 3.21. The Morgan fingerprint density at radius 3 is 2.68 bits per heavy atom. The average Bonchev–Trinajstić information content (AvgIpc) is 2.77. The van der Waals surface area contributed by atoms with Crippen molar-refractivity contribution in [2.75, 3.05) is 11.9 Å². The molecule has 1 aliphatic rings. The minimum Gasteiger partial charge on any atom is -0.388 e. The molecule has 0 atom stereocenters. The van der Waals surface area contributed by atoms with Gasteiger partial charge in [-0.2, -0.15) is 0 Å². The lowest BCUT2D eigenvalue weighted by molar-refractivity contribution is -0.384. The molecule has 2 rings (SSSR count). The van der Waals surface area contributed by atoms with Gasteiger partial charge < -0.3 is 10.4 Å². The van der Waals surface area contributed by atoms with Crippen LogP contribution in [-0.2, 0) is 0 Å². The fraction of sp³-hybridized carbons (Fsp3) is 0.500. The number of benzene rings is 1. The molecule has 104 valence electrons. The van der Waals surface area contributed by atoms with E-state index in [0.717, 1.165) is 25.0 Å². The third kappa shape index (κ3) is 3.22.